The zero-order valence-corrected chi connectivity index (χ0v) is 11.1. The Morgan fingerprint density at radius 3 is 2.58 bits per heavy atom. The van der Waals surface area contributed by atoms with E-state index in [-0.39, 0.29) is 0 Å². The van der Waals surface area contributed by atoms with Crippen molar-refractivity contribution < 1.29 is 24.2 Å². The summed E-state index contributed by atoms with van der Waals surface area (Å²) in [5.41, 5.74) is 0.313. The minimum absolute atomic E-state index is 0.313. The van der Waals surface area contributed by atoms with Crippen molar-refractivity contribution in [2.45, 2.75) is 19.9 Å². The minimum atomic E-state index is -1.09. The Balaban J connectivity index is 2.89. The van der Waals surface area contributed by atoms with E-state index < -0.39 is 17.9 Å². The number of ether oxygens (including phenoxy) is 2. The number of methoxy groups -OCH3 is 1. The first-order chi connectivity index (χ1) is 8.99. The molecule has 0 aliphatic heterocycles. The van der Waals surface area contributed by atoms with Crippen LogP contribution >= 0.6 is 0 Å². The lowest BCUT2D eigenvalue weighted by Crippen LogP contribution is -2.38. The Morgan fingerprint density at radius 2 is 2.05 bits per heavy atom. The van der Waals surface area contributed by atoms with Gasteiger partial charge in [0.2, 0.25) is 0 Å². The Labute approximate surface area is 111 Å². The maximum Gasteiger partial charge on any atom is 0.325 e. The third kappa shape index (κ3) is 3.87. The van der Waals surface area contributed by atoms with Gasteiger partial charge in [0.05, 0.1) is 13.7 Å². The summed E-state index contributed by atoms with van der Waals surface area (Å²) in [5.74, 6) is -0.604. The number of carboxylic acid groups (broad SMARTS) is 1. The van der Waals surface area contributed by atoms with Crippen molar-refractivity contribution in [1.29, 1.82) is 0 Å². The van der Waals surface area contributed by atoms with E-state index >= 15 is 0 Å². The van der Waals surface area contributed by atoms with Gasteiger partial charge in [0.1, 0.15) is 6.04 Å². The minimum Gasteiger partial charge on any atom is -0.493 e. The third-order valence-electron chi connectivity index (χ3n) is 2.44. The quantitative estimate of drug-likeness (QED) is 0.811. The summed E-state index contributed by atoms with van der Waals surface area (Å²) in [6, 6.07) is 3.72. The highest BCUT2D eigenvalue weighted by Gasteiger charge is 2.16. The SMILES string of the molecule is CCOc1ccc(C(=O)N[C@H](C)C(=O)O)cc1OC. The summed E-state index contributed by atoms with van der Waals surface area (Å²) in [5, 5.41) is 11.1. The first kappa shape index (κ1) is 14.8. The maximum atomic E-state index is 11.8. The van der Waals surface area contributed by atoms with Crippen LogP contribution in [0.1, 0.15) is 24.2 Å². The number of carbonyl (C=O) groups is 2. The van der Waals surface area contributed by atoms with Crippen LogP contribution in [0.2, 0.25) is 0 Å². The van der Waals surface area contributed by atoms with E-state index in [0.29, 0.717) is 23.7 Å². The molecule has 0 saturated heterocycles. The van der Waals surface area contributed by atoms with Crippen LogP contribution in [0.25, 0.3) is 0 Å². The van der Waals surface area contributed by atoms with Crippen molar-refractivity contribution in [3.05, 3.63) is 23.8 Å². The molecule has 0 fully saturated rings. The lowest BCUT2D eigenvalue weighted by molar-refractivity contribution is -0.138. The van der Waals surface area contributed by atoms with Gasteiger partial charge >= 0.3 is 5.97 Å². The Bertz CT molecular complexity index is 472. The number of carbonyl (C=O) groups excluding carboxylic acids is 1. The van der Waals surface area contributed by atoms with Gasteiger partial charge in [0.25, 0.3) is 5.91 Å². The summed E-state index contributed by atoms with van der Waals surface area (Å²) >= 11 is 0. The van der Waals surface area contributed by atoms with Crippen LogP contribution in [-0.4, -0.2) is 36.7 Å². The third-order valence-corrected chi connectivity index (χ3v) is 2.44. The summed E-state index contributed by atoms with van der Waals surface area (Å²) in [6.07, 6.45) is 0. The number of benzene rings is 1. The molecule has 1 aromatic rings. The standard InChI is InChI=1S/C13H17NO5/c1-4-19-10-6-5-9(7-11(10)18-3)12(15)14-8(2)13(16)17/h5-8H,4H2,1-3H3,(H,14,15)(H,16,17)/t8-/m1/s1. The van der Waals surface area contributed by atoms with Crippen LogP contribution in [-0.2, 0) is 4.79 Å². The van der Waals surface area contributed by atoms with Crippen LogP contribution in [0.4, 0.5) is 0 Å². The highest BCUT2D eigenvalue weighted by molar-refractivity contribution is 5.97. The smallest absolute Gasteiger partial charge is 0.325 e. The van der Waals surface area contributed by atoms with Crippen molar-refractivity contribution in [2.75, 3.05) is 13.7 Å². The first-order valence-corrected chi connectivity index (χ1v) is 5.84. The summed E-state index contributed by atoms with van der Waals surface area (Å²) < 4.78 is 10.5. The van der Waals surface area contributed by atoms with Gasteiger partial charge in [-0.05, 0) is 32.0 Å². The van der Waals surface area contributed by atoms with Crippen LogP contribution in [0.3, 0.4) is 0 Å². The second-order valence-corrected chi connectivity index (χ2v) is 3.83. The zero-order valence-electron chi connectivity index (χ0n) is 11.1. The maximum absolute atomic E-state index is 11.8. The molecule has 0 spiro atoms. The van der Waals surface area contributed by atoms with Gasteiger partial charge in [-0.25, -0.2) is 0 Å². The molecule has 2 N–H and O–H groups in total. The monoisotopic (exact) mass is 267 g/mol. The van der Waals surface area contributed by atoms with Gasteiger partial charge in [0, 0.05) is 5.56 Å². The Morgan fingerprint density at radius 1 is 1.37 bits per heavy atom. The van der Waals surface area contributed by atoms with Crippen LogP contribution in [0.5, 0.6) is 11.5 Å². The number of nitrogens with one attached hydrogen (secondary N) is 1. The van der Waals surface area contributed by atoms with E-state index in [1.54, 1.807) is 12.1 Å². The topological polar surface area (TPSA) is 84.9 Å². The molecule has 19 heavy (non-hydrogen) atoms. The molecule has 0 aromatic heterocycles. The van der Waals surface area contributed by atoms with Gasteiger partial charge < -0.3 is 19.9 Å². The average molecular weight is 267 g/mol. The molecule has 1 aromatic carbocycles. The van der Waals surface area contributed by atoms with Gasteiger partial charge in [-0.15, -0.1) is 0 Å². The normalized spacial score (nSPS) is 11.5. The summed E-state index contributed by atoms with van der Waals surface area (Å²) in [6.45, 7) is 3.72. The van der Waals surface area contributed by atoms with E-state index in [0.717, 1.165) is 0 Å². The first-order valence-electron chi connectivity index (χ1n) is 5.84. The highest BCUT2D eigenvalue weighted by atomic mass is 16.5. The van der Waals surface area contributed by atoms with E-state index in [1.807, 2.05) is 6.92 Å². The number of hydrogen-bond donors (Lipinski definition) is 2. The molecular weight excluding hydrogens is 250 g/mol. The number of hydrogen-bond acceptors (Lipinski definition) is 4. The molecular formula is C13H17NO5. The van der Waals surface area contributed by atoms with Crippen LogP contribution in [0, 0.1) is 0 Å². The number of carboxylic acids is 1. The molecule has 0 heterocycles. The predicted molar refractivity (Wildman–Crippen MR) is 68.7 cm³/mol. The fourth-order valence-corrected chi connectivity index (χ4v) is 1.43. The van der Waals surface area contributed by atoms with Crippen molar-refractivity contribution in [1.82, 2.24) is 5.32 Å². The van der Waals surface area contributed by atoms with Crippen molar-refractivity contribution in [2.24, 2.45) is 0 Å². The largest absolute Gasteiger partial charge is 0.493 e. The molecule has 0 aliphatic rings. The van der Waals surface area contributed by atoms with E-state index in [9.17, 15) is 9.59 Å². The molecule has 0 aliphatic carbocycles. The van der Waals surface area contributed by atoms with Gasteiger partial charge in [0.15, 0.2) is 11.5 Å². The Hall–Kier alpha value is -2.24. The van der Waals surface area contributed by atoms with Gasteiger partial charge in [-0.3, -0.25) is 9.59 Å². The lowest BCUT2D eigenvalue weighted by atomic mass is 10.1. The summed E-state index contributed by atoms with van der Waals surface area (Å²) in [4.78, 5) is 22.5. The molecule has 0 bridgehead atoms. The number of aliphatic carboxylic acids is 1. The molecule has 1 amide bonds. The van der Waals surface area contributed by atoms with Crippen molar-refractivity contribution >= 4 is 11.9 Å². The highest BCUT2D eigenvalue weighted by Crippen LogP contribution is 2.27. The van der Waals surface area contributed by atoms with E-state index in [1.165, 1.54) is 20.1 Å². The molecule has 6 heteroatoms. The van der Waals surface area contributed by atoms with Crippen molar-refractivity contribution in [3.8, 4) is 11.5 Å². The fourth-order valence-electron chi connectivity index (χ4n) is 1.43. The number of amides is 1. The molecule has 6 nitrogen and oxygen atoms in total. The van der Waals surface area contributed by atoms with Crippen molar-refractivity contribution in [3.63, 3.8) is 0 Å². The van der Waals surface area contributed by atoms with Crippen LogP contribution in [0.15, 0.2) is 18.2 Å². The van der Waals surface area contributed by atoms with Gasteiger partial charge in [-0.2, -0.15) is 0 Å². The zero-order chi connectivity index (χ0) is 14.4. The molecule has 1 atom stereocenters. The molecule has 1 rings (SSSR count). The van der Waals surface area contributed by atoms with E-state index in [4.69, 9.17) is 14.6 Å². The van der Waals surface area contributed by atoms with Crippen LogP contribution < -0.4 is 14.8 Å². The predicted octanol–water partition coefficient (Wildman–Crippen LogP) is 1.30. The molecule has 0 saturated carbocycles. The lowest BCUT2D eigenvalue weighted by Gasteiger charge is -2.12. The van der Waals surface area contributed by atoms with Gasteiger partial charge in [-0.1, -0.05) is 0 Å². The molecule has 104 valence electrons. The summed E-state index contributed by atoms with van der Waals surface area (Å²) in [7, 11) is 1.47. The fraction of sp³-hybridized carbons (Fsp3) is 0.385. The molecule has 0 radical (unpaired) electrons. The average Bonchev–Trinajstić information content (AvgIpc) is 2.39. The van der Waals surface area contributed by atoms with E-state index in [2.05, 4.69) is 5.32 Å². The second-order valence-electron chi connectivity index (χ2n) is 3.83. The molecule has 0 unspecified atom stereocenters. The number of rotatable bonds is 6. The Kier molecular flexibility index (Phi) is 5.17. The second kappa shape index (κ2) is 6.63.